The molecule has 1 rings (SSSR count). The third-order valence-corrected chi connectivity index (χ3v) is 2.82. The number of hydrogen-bond donors (Lipinski definition) is 1. The van der Waals surface area contributed by atoms with Crippen LogP contribution in [0.25, 0.3) is 0 Å². The highest BCUT2D eigenvalue weighted by Gasteiger charge is 2.25. The number of amides is 1. The topological polar surface area (TPSA) is 81.5 Å². The summed E-state index contributed by atoms with van der Waals surface area (Å²) < 4.78 is 4.70. The fourth-order valence-electron chi connectivity index (χ4n) is 1.75. The molecule has 0 spiro atoms. The number of nitrogens with one attached hydrogen (secondary N) is 1. The summed E-state index contributed by atoms with van der Waals surface area (Å²) in [5, 5.41) is 13.4. The van der Waals surface area contributed by atoms with E-state index in [1.54, 1.807) is 13.0 Å². The van der Waals surface area contributed by atoms with E-state index >= 15 is 0 Å². The Morgan fingerprint density at radius 1 is 1.45 bits per heavy atom. The first kappa shape index (κ1) is 15.7. The zero-order valence-corrected chi connectivity index (χ0v) is 11.5. The number of nitrogens with zero attached hydrogens (tertiary/aromatic N) is 1. The molecule has 0 saturated heterocycles. The molecule has 20 heavy (non-hydrogen) atoms. The van der Waals surface area contributed by atoms with Crippen LogP contribution in [-0.2, 0) is 4.74 Å². The molecule has 2 unspecified atom stereocenters. The van der Waals surface area contributed by atoms with Crippen LogP contribution in [0.5, 0.6) is 0 Å². The second-order valence-corrected chi connectivity index (χ2v) is 4.19. The average Bonchev–Trinajstić information content (AvgIpc) is 2.44. The zero-order chi connectivity index (χ0) is 15.0. The quantitative estimate of drug-likeness (QED) is 0.640. The van der Waals surface area contributed by atoms with E-state index in [0.717, 1.165) is 5.56 Å². The second kappa shape index (κ2) is 7.93. The summed E-state index contributed by atoms with van der Waals surface area (Å²) in [4.78, 5) is 21.8. The van der Waals surface area contributed by atoms with Gasteiger partial charge in [-0.3, -0.25) is 15.4 Å². The van der Waals surface area contributed by atoms with E-state index in [-0.39, 0.29) is 11.5 Å². The van der Waals surface area contributed by atoms with Crippen molar-refractivity contribution in [1.29, 1.82) is 0 Å². The van der Waals surface area contributed by atoms with E-state index in [4.69, 9.17) is 4.74 Å². The Labute approximate surface area is 117 Å². The monoisotopic (exact) mass is 278 g/mol. The molecular weight excluding hydrogens is 260 g/mol. The lowest BCUT2D eigenvalue weighted by Gasteiger charge is -2.14. The van der Waals surface area contributed by atoms with Gasteiger partial charge in [0.15, 0.2) is 0 Å². The molecule has 6 heteroatoms. The molecule has 0 aromatic heterocycles. The number of alkyl carbamates (subject to hydrolysis) is 1. The molecule has 1 aromatic carbocycles. The number of carbonyl (C=O) groups excluding carboxylic acids is 1. The molecule has 0 saturated carbocycles. The number of benzene rings is 1. The molecule has 108 valence electrons. The Bertz CT molecular complexity index is 473. The molecule has 1 N–H and O–H groups in total. The highest BCUT2D eigenvalue weighted by atomic mass is 16.6. The Morgan fingerprint density at radius 3 is 2.65 bits per heavy atom. The van der Waals surface area contributed by atoms with Crippen LogP contribution in [0.1, 0.15) is 25.3 Å². The van der Waals surface area contributed by atoms with Gasteiger partial charge < -0.3 is 4.74 Å². The van der Waals surface area contributed by atoms with Gasteiger partial charge in [0, 0.05) is 18.0 Å². The Hall–Kier alpha value is -2.37. The van der Waals surface area contributed by atoms with Crippen LogP contribution in [0.3, 0.4) is 0 Å². The second-order valence-electron chi connectivity index (χ2n) is 4.19. The van der Waals surface area contributed by atoms with Gasteiger partial charge in [-0.05, 0) is 12.5 Å². The molecule has 0 aliphatic rings. The van der Waals surface area contributed by atoms with Gasteiger partial charge in [0.2, 0.25) is 6.04 Å². The minimum absolute atomic E-state index is 0.271. The predicted molar refractivity (Wildman–Crippen MR) is 74.9 cm³/mol. The number of carbonyl (C=O) groups is 1. The van der Waals surface area contributed by atoms with E-state index in [9.17, 15) is 14.9 Å². The highest BCUT2D eigenvalue weighted by Crippen LogP contribution is 2.22. The van der Waals surface area contributed by atoms with Gasteiger partial charge in [0.25, 0.3) is 0 Å². The van der Waals surface area contributed by atoms with E-state index in [2.05, 4.69) is 5.32 Å². The van der Waals surface area contributed by atoms with Crippen molar-refractivity contribution in [2.24, 2.45) is 0 Å². The standard InChI is InChI=1S/C14H18N2O4/c1-3-20-14(17)15-10-9-13(11(2)16(18)19)12-7-5-4-6-8-12/h4-11,13H,3H2,1-2H3,(H,15,17)/b10-9+. The molecular formula is C14H18N2O4. The van der Waals surface area contributed by atoms with Gasteiger partial charge in [0.05, 0.1) is 12.5 Å². The van der Waals surface area contributed by atoms with Crippen LogP contribution >= 0.6 is 0 Å². The number of hydrogen-bond acceptors (Lipinski definition) is 4. The summed E-state index contributed by atoms with van der Waals surface area (Å²) in [5.74, 6) is -0.423. The minimum Gasteiger partial charge on any atom is -0.450 e. The number of rotatable bonds is 6. The summed E-state index contributed by atoms with van der Waals surface area (Å²) in [6, 6.07) is 8.33. The molecule has 0 fully saturated rings. The van der Waals surface area contributed by atoms with Gasteiger partial charge in [-0.1, -0.05) is 36.4 Å². The van der Waals surface area contributed by atoms with Crippen LogP contribution in [0.15, 0.2) is 42.6 Å². The molecule has 6 nitrogen and oxygen atoms in total. The van der Waals surface area contributed by atoms with Crippen molar-refractivity contribution in [3.63, 3.8) is 0 Å². The number of ether oxygens (including phenoxy) is 1. The molecule has 2 atom stereocenters. The average molecular weight is 278 g/mol. The first-order chi connectivity index (χ1) is 9.56. The van der Waals surface area contributed by atoms with Crippen molar-refractivity contribution < 1.29 is 14.5 Å². The van der Waals surface area contributed by atoms with Gasteiger partial charge in [0.1, 0.15) is 0 Å². The lowest BCUT2D eigenvalue weighted by atomic mass is 9.93. The smallest absolute Gasteiger partial charge is 0.411 e. The molecule has 1 aromatic rings. The maximum Gasteiger partial charge on any atom is 0.411 e. The predicted octanol–water partition coefficient (Wildman–Crippen LogP) is 2.70. The van der Waals surface area contributed by atoms with Gasteiger partial charge >= 0.3 is 6.09 Å². The van der Waals surface area contributed by atoms with Gasteiger partial charge in [-0.25, -0.2) is 4.79 Å². The summed E-state index contributed by atoms with van der Waals surface area (Å²) in [6.45, 7) is 3.50. The molecule has 0 radical (unpaired) electrons. The zero-order valence-electron chi connectivity index (χ0n) is 11.5. The SMILES string of the molecule is CCOC(=O)N/C=C/C(c1ccccc1)C(C)[N+](=O)[O-]. The summed E-state index contributed by atoms with van der Waals surface area (Å²) in [7, 11) is 0. The van der Waals surface area contributed by atoms with Crippen molar-refractivity contribution in [3.05, 3.63) is 58.3 Å². The van der Waals surface area contributed by atoms with E-state index < -0.39 is 18.1 Å². The molecule has 0 bridgehead atoms. The molecule has 0 aliphatic heterocycles. The largest absolute Gasteiger partial charge is 0.450 e. The van der Waals surface area contributed by atoms with Crippen molar-refractivity contribution in [1.82, 2.24) is 5.32 Å². The third-order valence-electron chi connectivity index (χ3n) is 2.82. The summed E-state index contributed by atoms with van der Waals surface area (Å²) in [5.41, 5.74) is 0.818. The van der Waals surface area contributed by atoms with Crippen molar-refractivity contribution in [2.75, 3.05) is 6.61 Å². The van der Waals surface area contributed by atoms with Crippen LogP contribution in [-0.4, -0.2) is 23.7 Å². The molecule has 0 aliphatic carbocycles. The summed E-state index contributed by atoms with van der Waals surface area (Å²) in [6.07, 6.45) is 2.40. The minimum atomic E-state index is -0.794. The van der Waals surface area contributed by atoms with Gasteiger partial charge in [-0.2, -0.15) is 0 Å². The first-order valence-electron chi connectivity index (χ1n) is 6.34. The lowest BCUT2D eigenvalue weighted by Crippen LogP contribution is -2.24. The van der Waals surface area contributed by atoms with E-state index in [0.29, 0.717) is 0 Å². The summed E-state index contributed by atoms with van der Waals surface area (Å²) >= 11 is 0. The first-order valence-corrected chi connectivity index (χ1v) is 6.34. The van der Waals surface area contributed by atoms with Crippen LogP contribution in [0, 0.1) is 10.1 Å². The Morgan fingerprint density at radius 2 is 2.10 bits per heavy atom. The van der Waals surface area contributed by atoms with Crippen LogP contribution in [0.4, 0.5) is 4.79 Å². The van der Waals surface area contributed by atoms with E-state index in [1.165, 1.54) is 13.1 Å². The van der Waals surface area contributed by atoms with Crippen LogP contribution in [0.2, 0.25) is 0 Å². The molecule has 1 amide bonds. The number of nitro groups is 1. The maximum absolute atomic E-state index is 11.1. The lowest BCUT2D eigenvalue weighted by molar-refractivity contribution is -0.520. The van der Waals surface area contributed by atoms with Gasteiger partial charge in [-0.15, -0.1) is 0 Å². The van der Waals surface area contributed by atoms with Crippen molar-refractivity contribution in [3.8, 4) is 0 Å². The van der Waals surface area contributed by atoms with E-state index in [1.807, 2.05) is 30.3 Å². The van der Waals surface area contributed by atoms with Crippen LogP contribution < -0.4 is 5.32 Å². The van der Waals surface area contributed by atoms with Crippen molar-refractivity contribution in [2.45, 2.75) is 25.8 Å². The fraction of sp³-hybridized carbons (Fsp3) is 0.357. The fourth-order valence-corrected chi connectivity index (χ4v) is 1.75. The highest BCUT2D eigenvalue weighted by molar-refractivity contribution is 5.68. The third kappa shape index (κ3) is 4.72. The normalized spacial score (nSPS) is 13.7. The Kier molecular flexibility index (Phi) is 6.22. The Balaban J connectivity index is 2.81. The maximum atomic E-state index is 11.1. The molecule has 0 heterocycles. The van der Waals surface area contributed by atoms with Crippen molar-refractivity contribution >= 4 is 6.09 Å².